The van der Waals surface area contributed by atoms with Crippen molar-refractivity contribution in [3.63, 3.8) is 0 Å². The molecular weight excluding hydrogens is 268 g/mol. The Morgan fingerprint density at radius 1 is 1.43 bits per heavy atom. The molecular formula is C15H20N4O2. The van der Waals surface area contributed by atoms with Gasteiger partial charge in [0.15, 0.2) is 5.84 Å². The second-order valence-corrected chi connectivity index (χ2v) is 4.80. The van der Waals surface area contributed by atoms with E-state index in [2.05, 4.69) is 10.1 Å². The van der Waals surface area contributed by atoms with Crippen molar-refractivity contribution in [3.05, 3.63) is 35.9 Å². The topological polar surface area (TPSA) is 84.0 Å². The Labute approximate surface area is 123 Å². The summed E-state index contributed by atoms with van der Waals surface area (Å²) < 4.78 is 5.06. The first-order valence-electron chi connectivity index (χ1n) is 6.75. The Morgan fingerprint density at radius 2 is 2.19 bits per heavy atom. The molecule has 0 saturated heterocycles. The highest BCUT2D eigenvalue weighted by atomic mass is 16.5. The Balaban J connectivity index is 2.41. The molecule has 0 unspecified atom stereocenters. The van der Waals surface area contributed by atoms with Gasteiger partial charge in [-0.1, -0.05) is 23.4 Å². The molecule has 0 aliphatic rings. The van der Waals surface area contributed by atoms with Crippen molar-refractivity contribution in [2.75, 3.05) is 32.2 Å². The first-order chi connectivity index (χ1) is 10.2. The predicted octanol–water partition coefficient (Wildman–Crippen LogP) is 1.80. The van der Waals surface area contributed by atoms with Gasteiger partial charge in [0, 0.05) is 38.3 Å². The lowest BCUT2D eigenvalue weighted by atomic mass is 10.1. The third kappa shape index (κ3) is 3.41. The van der Waals surface area contributed by atoms with Crippen LogP contribution in [-0.2, 0) is 4.74 Å². The van der Waals surface area contributed by atoms with Gasteiger partial charge in [-0.2, -0.15) is 0 Å². The number of ether oxygens (including phenoxy) is 1. The molecule has 0 bridgehead atoms. The van der Waals surface area contributed by atoms with Crippen molar-refractivity contribution in [2.24, 2.45) is 10.9 Å². The molecule has 2 rings (SSSR count). The Bertz CT molecular complexity index is 643. The summed E-state index contributed by atoms with van der Waals surface area (Å²) in [6, 6.07) is 9.48. The van der Waals surface area contributed by atoms with Crippen LogP contribution in [0.15, 0.2) is 35.5 Å². The van der Waals surface area contributed by atoms with Crippen LogP contribution in [0.3, 0.4) is 0 Å². The van der Waals surface area contributed by atoms with Gasteiger partial charge in [-0.25, -0.2) is 4.98 Å². The van der Waals surface area contributed by atoms with E-state index in [9.17, 15) is 0 Å². The first-order valence-corrected chi connectivity index (χ1v) is 6.75. The predicted molar refractivity (Wildman–Crippen MR) is 84.0 cm³/mol. The van der Waals surface area contributed by atoms with Gasteiger partial charge < -0.3 is 20.6 Å². The van der Waals surface area contributed by atoms with E-state index in [1.165, 1.54) is 0 Å². The number of hydrogen-bond acceptors (Lipinski definition) is 5. The maximum Gasteiger partial charge on any atom is 0.170 e. The van der Waals surface area contributed by atoms with E-state index in [1.54, 1.807) is 7.11 Å². The van der Waals surface area contributed by atoms with Crippen molar-refractivity contribution in [1.29, 1.82) is 0 Å². The summed E-state index contributed by atoms with van der Waals surface area (Å²) in [6.45, 7) is 1.51. The average molecular weight is 288 g/mol. The lowest BCUT2D eigenvalue weighted by Crippen LogP contribution is -2.22. The number of hydrogen-bond donors (Lipinski definition) is 2. The van der Waals surface area contributed by atoms with E-state index in [4.69, 9.17) is 15.7 Å². The van der Waals surface area contributed by atoms with Crippen molar-refractivity contribution >= 4 is 22.6 Å². The normalized spacial score (nSPS) is 11.8. The van der Waals surface area contributed by atoms with Crippen molar-refractivity contribution in [3.8, 4) is 0 Å². The van der Waals surface area contributed by atoms with Crippen LogP contribution in [0.4, 0.5) is 5.82 Å². The molecule has 0 fully saturated rings. The monoisotopic (exact) mass is 288 g/mol. The number of benzene rings is 1. The molecule has 6 heteroatoms. The number of fused-ring (bicyclic) bond motifs is 1. The van der Waals surface area contributed by atoms with Gasteiger partial charge in [-0.3, -0.25) is 0 Å². The van der Waals surface area contributed by atoms with Crippen LogP contribution in [0, 0.1) is 0 Å². The van der Waals surface area contributed by atoms with E-state index in [0.717, 1.165) is 29.7 Å². The van der Waals surface area contributed by atoms with E-state index in [1.807, 2.05) is 42.3 Å². The molecule has 6 nitrogen and oxygen atoms in total. The summed E-state index contributed by atoms with van der Waals surface area (Å²) in [5.41, 5.74) is 7.28. The SMILES string of the molecule is COCCCN(C)c1cc(C(N)=NO)c2ccccc2n1. The van der Waals surface area contributed by atoms with Gasteiger partial charge >= 0.3 is 0 Å². The minimum absolute atomic E-state index is 0.0835. The number of para-hydroxylation sites is 1. The summed E-state index contributed by atoms with van der Waals surface area (Å²) in [5, 5.41) is 12.9. The van der Waals surface area contributed by atoms with Gasteiger partial charge in [0.1, 0.15) is 5.82 Å². The molecule has 0 aliphatic carbocycles. The highest BCUT2D eigenvalue weighted by Gasteiger charge is 2.11. The van der Waals surface area contributed by atoms with Crippen LogP contribution in [0.2, 0.25) is 0 Å². The number of anilines is 1. The third-order valence-electron chi connectivity index (χ3n) is 3.32. The number of rotatable bonds is 6. The van der Waals surface area contributed by atoms with Gasteiger partial charge in [-0.05, 0) is 18.6 Å². The molecule has 0 amide bonds. The minimum Gasteiger partial charge on any atom is -0.409 e. The summed E-state index contributed by atoms with van der Waals surface area (Å²) in [4.78, 5) is 6.65. The van der Waals surface area contributed by atoms with Gasteiger partial charge in [-0.15, -0.1) is 0 Å². The maximum atomic E-state index is 8.96. The Hall–Kier alpha value is -2.34. The van der Waals surface area contributed by atoms with Crippen LogP contribution in [0.5, 0.6) is 0 Å². The lowest BCUT2D eigenvalue weighted by Gasteiger charge is -2.19. The van der Waals surface area contributed by atoms with Crippen LogP contribution < -0.4 is 10.6 Å². The second-order valence-electron chi connectivity index (χ2n) is 4.80. The second kappa shape index (κ2) is 6.90. The molecule has 112 valence electrons. The van der Waals surface area contributed by atoms with Gasteiger partial charge in [0.25, 0.3) is 0 Å². The van der Waals surface area contributed by atoms with Crippen molar-refractivity contribution in [1.82, 2.24) is 4.98 Å². The zero-order chi connectivity index (χ0) is 15.2. The number of nitrogens with two attached hydrogens (primary N) is 1. The first kappa shape index (κ1) is 15.1. The number of oxime groups is 1. The van der Waals surface area contributed by atoms with Crippen LogP contribution >= 0.6 is 0 Å². The summed E-state index contributed by atoms with van der Waals surface area (Å²) in [6.07, 6.45) is 0.903. The van der Waals surface area contributed by atoms with Gasteiger partial charge in [0.2, 0.25) is 0 Å². The highest BCUT2D eigenvalue weighted by molar-refractivity contribution is 6.08. The van der Waals surface area contributed by atoms with Crippen molar-refractivity contribution in [2.45, 2.75) is 6.42 Å². The average Bonchev–Trinajstić information content (AvgIpc) is 2.53. The van der Waals surface area contributed by atoms with E-state index in [0.29, 0.717) is 12.2 Å². The number of amidine groups is 1. The summed E-state index contributed by atoms with van der Waals surface area (Å²) in [7, 11) is 3.65. The quantitative estimate of drug-likeness (QED) is 0.278. The molecule has 0 saturated carbocycles. The maximum absolute atomic E-state index is 8.96. The Kier molecular flexibility index (Phi) is 4.94. The fraction of sp³-hybridized carbons (Fsp3) is 0.333. The number of pyridine rings is 1. The number of methoxy groups -OCH3 is 1. The fourth-order valence-corrected chi connectivity index (χ4v) is 2.18. The summed E-state index contributed by atoms with van der Waals surface area (Å²) in [5.74, 6) is 0.867. The zero-order valence-electron chi connectivity index (χ0n) is 12.3. The van der Waals surface area contributed by atoms with Crippen LogP contribution in [0.25, 0.3) is 10.9 Å². The van der Waals surface area contributed by atoms with Crippen molar-refractivity contribution < 1.29 is 9.94 Å². The smallest absolute Gasteiger partial charge is 0.170 e. The molecule has 1 aromatic heterocycles. The molecule has 0 aliphatic heterocycles. The van der Waals surface area contributed by atoms with Crippen LogP contribution in [0.1, 0.15) is 12.0 Å². The summed E-state index contributed by atoms with van der Waals surface area (Å²) >= 11 is 0. The van der Waals surface area contributed by atoms with E-state index < -0.39 is 0 Å². The van der Waals surface area contributed by atoms with E-state index >= 15 is 0 Å². The third-order valence-corrected chi connectivity index (χ3v) is 3.32. The number of nitrogens with zero attached hydrogens (tertiary/aromatic N) is 3. The standard InChI is InChI=1S/C15H20N4O2/c1-19(8-5-9-21-2)14-10-12(15(16)18-20)11-6-3-4-7-13(11)17-14/h3-4,6-7,10,20H,5,8-9H2,1-2H3,(H2,16,18). The zero-order valence-corrected chi connectivity index (χ0v) is 12.3. The van der Waals surface area contributed by atoms with E-state index in [-0.39, 0.29) is 5.84 Å². The molecule has 0 spiro atoms. The molecule has 2 aromatic rings. The highest BCUT2D eigenvalue weighted by Crippen LogP contribution is 2.22. The molecule has 3 N–H and O–H groups in total. The largest absolute Gasteiger partial charge is 0.409 e. The molecule has 21 heavy (non-hydrogen) atoms. The van der Waals surface area contributed by atoms with Crippen LogP contribution in [-0.4, -0.2) is 43.3 Å². The molecule has 1 aromatic carbocycles. The molecule has 0 atom stereocenters. The Morgan fingerprint density at radius 3 is 2.90 bits per heavy atom. The molecule has 0 radical (unpaired) electrons. The number of aromatic nitrogens is 1. The lowest BCUT2D eigenvalue weighted by molar-refractivity contribution is 0.196. The molecule has 1 heterocycles. The van der Waals surface area contributed by atoms with Gasteiger partial charge in [0.05, 0.1) is 5.52 Å². The minimum atomic E-state index is 0.0835. The fourth-order valence-electron chi connectivity index (χ4n) is 2.18.